The Morgan fingerprint density at radius 1 is 1.37 bits per heavy atom. The Bertz CT molecular complexity index is 623. The first-order valence-electron chi connectivity index (χ1n) is 5.81. The maximum absolute atomic E-state index is 10.8. The Morgan fingerprint density at radius 3 is 3.05 bits per heavy atom. The van der Waals surface area contributed by atoms with Gasteiger partial charge in [-0.15, -0.1) is 5.10 Å². The van der Waals surface area contributed by atoms with Crippen molar-refractivity contribution in [3.63, 3.8) is 0 Å². The number of carbonyl (C=O) groups excluding carboxylic acids is 1. The predicted molar refractivity (Wildman–Crippen MR) is 65.4 cm³/mol. The van der Waals surface area contributed by atoms with E-state index in [1.54, 1.807) is 10.9 Å². The van der Waals surface area contributed by atoms with Crippen LogP contribution in [0.2, 0.25) is 0 Å². The summed E-state index contributed by atoms with van der Waals surface area (Å²) in [6, 6.07) is 5.60. The number of rotatable bonds is 4. The van der Waals surface area contributed by atoms with E-state index in [9.17, 15) is 4.79 Å². The Kier molecular flexibility index (Phi) is 2.79. The summed E-state index contributed by atoms with van der Waals surface area (Å²) >= 11 is 0. The van der Waals surface area contributed by atoms with Crippen LogP contribution in [0.4, 0.5) is 0 Å². The lowest BCUT2D eigenvalue weighted by Gasteiger charge is -2.05. The molecule has 0 saturated heterocycles. The van der Waals surface area contributed by atoms with Crippen LogP contribution in [0, 0.1) is 0 Å². The largest absolute Gasteiger partial charge is 0.454 e. The van der Waals surface area contributed by atoms with E-state index in [-0.39, 0.29) is 19.1 Å². The quantitative estimate of drug-likeness (QED) is 0.866. The molecule has 98 valence electrons. The van der Waals surface area contributed by atoms with E-state index in [1.165, 1.54) is 0 Å². The van der Waals surface area contributed by atoms with Crippen molar-refractivity contribution in [3.05, 3.63) is 24.4 Å². The van der Waals surface area contributed by atoms with E-state index in [0.29, 0.717) is 12.3 Å². The van der Waals surface area contributed by atoms with Crippen molar-refractivity contribution < 1.29 is 14.3 Å². The Labute approximate surface area is 108 Å². The fraction of sp³-hybridized carbons (Fsp3) is 0.250. The molecule has 1 aromatic carbocycles. The standard InChI is InChI=1S/C12H12N4O3/c13-12(17)3-4-16-9(6-14-15-16)8-1-2-10-11(5-8)19-7-18-10/h1-2,5-6H,3-4,7H2,(H2,13,17). The molecule has 0 radical (unpaired) electrons. The van der Waals surface area contributed by atoms with Crippen LogP contribution in [0.25, 0.3) is 11.3 Å². The summed E-state index contributed by atoms with van der Waals surface area (Å²) in [5, 5.41) is 7.80. The normalized spacial score (nSPS) is 12.6. The maximum atomic E-state index is 10.8. The fourth-order valence-electron chi connectivity index (χ4n) is 1.92. The molecule has 1 aromatic heterocycles. The molecule has 3 rings (SSSR count). The Morgan fingerprint density at radius 2 is 2.21 bits per heavy atom. The van der Waals surface area contributed by atoms with Crippen LogP contribution in [0.3, 0.4) is 0 Å². The van der Waals surface area contributed by atoms with Crippen LogP contribution in [0.5, 0.6) is 11.5 Å². The minimum absolute atomic E-state index is 0.223. The third-order valence-electron chi connectivity index (χ3n) is 2.86. The average molecular weight is 260 g/mol. The molecule has 7 nitrogen and oxygen atoms in total. The minimum atomic E-state index is -0.368. The summed E-state index contributed by atoms with van der Waals surface area (Å²) < 4.78 is 12.2. The highest BCUT2D eigenvalue weighted by atomic mass is 16.7. The van der Waals surface area contributed by atoms with Gasteiger partial charge in [-0.3, -0.25) is 4.79 Å². The zero-order valence-corrected chi connectivity index (χ0v) is 10.1. The van der Waals surface area contributed by atoms with Gasteiger partial charge in [0.25, 0.3) is 0 Å². The lowest BCUT2D eigenvalue weighted by molar-refractivity contribution is -0.118. The first kappa shape index (κ1) is 11.5. The van der Waals surface area contributed by atoms with Gasteiger partial charge in [-0.25, -0.2) is 4.68 Å². The minimum Gasteiger partial charge on any atom is -0.454 e. The molecule has 0 fully saturated rings. The van der Waals surface area contributed by atoms with E-state index < -0.39 is 0 Å². The van der Waals surface area contributed by atoms with Crippen LogP contribution >= 0.6 is 0 Å². The number of benzene rings is 1. The summed E-state index contributed by atoms with van der Waals surface area (Å²) in [5.41, 5.74) is 6.84. The third-order valence-corrected chi connectivity index (χ3v) is 2.86. The van der Waals surface area contributed by atoms with Crippen molar-refractivity contribution in [2.45, 2.75) is 13.0 Å². The second-order valence-corrected chi connectivity index (χ2v) is 4.13. The molecule has 2 N–H and O–H groups in total. The van der Waals surface area contributed by atoms with Crippen molar-refractivity contribution in [2.24, 2.45) is 5.73 Å². The molecule has 0 bridgehead atoms. The molecule has 1 aliphatic heterocycles. The van der Waals surface area contributed by atoms with Gasteiger partial charge in [0.1, 0.15) is 0 Å². The fourth-order valence-corrected chi connectivity index (χ4v) is 1.92. The zero-order chi connectivity index (χ0) is 13.2. The van der Waals surface area contributed by atoms with Crippen molar-refractivity contribution in [1.29, 1.82) is 0 Å². The van der Waals surface area contributed by atoms with E-state index in [2.05, 4.69) is 10.3 Å². The number of hydrogen-bond acceptors (Lipinski definition) is 5. The third kappa shape index (κ3) is 2.22. The van der Waals surface area contributed by atoms with Gasteiger partial charge in [0.15, 0.2) is 11.5 Å². The number of nitrogens with two attached hydrogens (primary N) is 1. The number of ether oxygens (including phenoxy) is 2. The van der Waals surface area contributed by atoms with Gasteiger partial charge in [-0.05, 0) is 18.2 Å². The number of amides is 1. The molecular weight excluding hydrogens is 248 g/mol. The summed E-state index contributed by atoms with van der Waals surface area (Å²) in [6.07, 6.45) is 1.86. The molecule has 0 aliphatic carbocycles. The van der Waals surface area contributed by atoms with Gasteiger partial charge in [0.05, 0.1) is 18.4 Å². The molecule has 19 heavy (non-hydrogen) atoms. The van der Waals surface area contributed by atoms with E-state index >= 15 is 0 Å². The second-order valence-electron chi connectivity index (χ2n) is 4.13. The molecule has 0 unspecified atom stereocenters. The van der Waals surface area contributed by atoms with Gasteiger partial charge in [0.2, 0.25) is 12.7 Å². The molecular formula is C12H12N4O3. The topological polar surface area (TPSA) is 92.3 Å². The molecule has 2 aromatic rings. The van der Waals surface area contributed by atoms with Gasteiger partial charge >= 0.3 is 0 Å². The van der Waals surface area contributed by atoms with Crippen LogP contribution in [0.15, 0.2) is 24.4 Å². The lowest BCUT2D eigenvalue weighted by atomic mass is 10.1. The van der Waals surface area contributed by atoms with Crippen molar-refractivity contribution in [1.82, 2.24) is 15.0 Å². The number of primary amides is 1. The highest BCUT2D eigenvalue weighted by molar-refractivity contribution is 5.73. The van der Waals surface area contributed by atoms with E-state index in [1.807, 2.05) is 18.2 Å². The molecule has 0 saturated carbocycles. The molecule has 1 amide bonds. The smallest absolute Gasteiger partial charge is 0.231 e. The number of hydrogen-bond donors (Lipinski definition) is 1. The average Bonchev–Trinajstić information content (AvgIpc) is 3.04. The zero-order valence-electron chi connectivity index (χ0n) is 10.1. The summed E-state index contributed by atoms with van der Waals surface area (Å²) in [5.74, 6) is 1.05. The Balaban J connectivity index is 1.90. The van der Waals surface area contributed by atoms with E-state index in [4.69, 9.17) is 15.2 Å². The van der Waals surface area contributed by atoms with Crippen LogP contribution in [-0.2, 0) is 11.3 Å². The predicted octanol–water partition coefficient (Wildman–Crippen LogP) is 0.549. The van der Waals surface area contributed by atoms with Gasteiger partial charge in [-0.2, -0.15) is 0 Å². The molecule has 0 atom stereocenters. The number of carbonyl (C=O) groups is 1. The number of nitrogens with zero attached hydrogens (tertiary/aromatic N) is 3. The van der Waals surface area contributed by atoms with Crippen molar-refractivity contribution in [2.75, 3.05) is 6.79 Å². The summed E-state index contributed by atoms with van der Waals surface area (Å²) in [4.78, 5) is 10.8. The number of aromatic nitrogens is 3. The molecule has 1 aliphatic rings. The highest BCUT2D eigenvalue weighted by Crippen LogP contribution is 2.35. The monoisotopic (exact) mass is 260 g/mol. The van der Waals surface area contributed by atoms with E-state index in [0.717, 1.165) is 17.0 Å². The maximum Gasteiger partial charge on any atom is 0.231 e. The second kappa shape index (κ2) is 4.60. The van der Waals surface area contributed by atoms with Crippen LogP contribution in [-0.4, -0.2) is 27.7 Å². The number of fused-ring (bicyclic) bond motifs is 1. The van der Waals surface area contributed by atoms with Crippen molar-refractivity contribution in [3.8, 4) is 22.8 Å². The Hall–Kier alpha value is -2.57. The first-order valence-corrected chi connectivity index (χ1v) is 5.81. The summed E-state index contributed by atoms with van der Waals surface area (Å²) in [7, 11) is 0. The highest BCUT2D eigenvalue weighted by Gasteiger charge is 2.16. The van der Waals surface area contributed by atoms with Gasteiger partial charge in [-0.1, -0.05) is 5.21 Å². The lowest BCUT2D eigenvalue weighted by Crippen LogP contribution is -2.15. The van der Waals surface area contributed by atoms with Gasteiger partial charge in [0, 0.05) is 12.0 Å². The van der Waals surface area contributed by atoms with Crippen LogP contribution in [0.1, 0.15) is 6.42 Å². The SMILES string of the molecule is NC(=O)CCn1nncc1-c1ccc2c(c1)OCO2. The molecule has 7 heteroatoms. The molecule has 2 heterocycles. The summed E-state index contributed by atoms with van der Waals surface area (Å²) in [6.45, 7) is 0.636. The van der Waals surface area contributed by atoms with Gasteiger partial charge < -0.3 is 15.2 Å². The first-order chi connectivity index (χ1) is 9.24. The van der Waals surface area contributed by atoms with Crippen molar-refractivity contribution >= 4 is 5.91 Å². The molecule has 0 spiro atoms. The number of aryl methyl sites for hydroxylation is 1. The van der Waals surface area contributed by atoms with Crippen LogP contribution < -0.4 is 15.2 Å².